The molecule has 2 aromatic carbocycles. The standard InChI is InChI=1S/C33H44ClN9O2/c1-21(2)41-13-15-42(16-14-41)28-10-9-27(30-24(28)20-40(5)32(30)44)36-31-25(34)18-35-33(38-31)37-26-8-7-22(17-29(26)45-6)43-12-11-23(19-43)39(3)4/h7-10,17-18,21,23H,11-16,19-20H2,1-6H3,(H2,35,36,37,38)/t23-/m1/s1. The van der Waals surface area contributed by atoms with Crippen LogP contribution in [0.2, 0.25) is 5.02 Å². The lowest BCUT2D eigenvalue weighted by molar-refractivity contribution is 0.0817. The maximum absolute atomic E-state index is 13.4. The van der Waals surface area contributed by atoms with E-state index in [4.69, 9.17) is 21.3 Å². The number of amides is 1. The molecule has 0 saturated carbocycles. The maximum atomic E-state index is 13.4. The second-order valence-electron chi connectivity index (χ2n) is 12.6. The average molecular weight is 634 g/mol. The summed E-state index contributed by atoms with van der Waals surface area (Å²) >= 11 is 6.59. The van der Waals surface area contributed by atoms with Gasteiger partial charge in [0.1, 0.15) is 10.8 Å². The molecule has 0 spiro atoms. The third kappa shape index (κ3) is 6.34. The fraction of sp³-hybridized carbons (Fsp3) is 0.485. The molecular formula is C33H44ClN9O2. The molecule has 1 atom stereocenters. The number of rotatable bonds is 9. The van der Waals surface area contributed by atoms with E-state index in [2.05, 4.69) is 75.3 Å². The molecule has 240 valence electrons. The number of likely N-dealkylation sites (N-methyl/N-ethyl adjacent to an activating group) is 1. The number of halogens is 1. The van der Waals surface area contributed by atoms with Crippen LogP contribution in [0, 0.1) is 0 Å². The Morgan fingerprint density at radius 3 is 2.47 bits per heavy atom. The van der Waals surface area contributed by atoms with E-state index in [0.717, 1.165) is 68.3 Å². The number of benzene rings is 2. The highest BCUT2D eigenvalue weighted by Crippen LogP contribution is 2.39. The number of ether oxygens (including phenoxy) is 1. The van der Waals surface area contributed by atoms with Crippen LogP contribution >= 0.6 is 11.6 Å². The lowest BCUT2D eigenvalue weighted by Crippen LogP contribution is -2.49. The summed E-state index contributed by atoms with van der Waals surface area (Å²) in [6.45, 7) is 10.9. The molecule has 3 aliphatic heterocycles. The van der Waals surface area contributed by atoms with E-state index in [9.17, 15) is 4.79 Å². The van der Waals surface area contributed by atoms with Gasteiger partial charge in [-0.2, -0.15) is 4.98 Å². The van der Waals surface area contributed by atoms with Crippen molar-refractivity contribution in [3.8, 4) is 5.75 Å². The largest absolute Gasteiger partial charge is 0.494 e. The number of anilines is 6. The van der Waals surface area contributed by atoms with Crippen molar-refractivity contribution in [1.82, 2.24) is 24.7 Å². The van der Waals surface area contributed by atoms with Crippen LogP contribution in [0.1, 0.15) is 36.2 Å². The number of carbonyl (C=O) groups is 1. The van der Waals surface area contributed by atoms with Gasteiger partial charge in [-0.05, 0) is 58.6 Å². The zero-order chi connectivity index (χ0) is 31.8. The van der Waals surface area contributed by atoms with Crippen LogP contribution in [-0.2, 0) is 6.54 Å². The molecule has 1 aromatic heterocycles. The first-order valence-electron chi connectivity index (χ1n) is 15.7. The Morgan fingerprint density at radius 1 is 1.02 bits per heavy atom. The highest BCUT2D eigenvalue weighted by molar-refractivity contribution is 6.33. The molecule has 6 rings (SSSR count). The first kappa shape index (κ1) is 31.2. The zero-order valence-electron chi connectivity index (χ0n) is 27.1. The van der Waals surface area contributed by atoms with Crippen molar-refractivity contribution in [3.63, 3.8) is 0 Å². The number of hydrogen-bond acceptors (Lipinski definition) is 10. The molecule has 2 N–H and O–H groups in total. The Labute approximate surface area is 271 Å². The quantitative estimate of drug-likeness (QED) is 0.340. The van der Waals surface area contributed by atoms with Crippen LogP contribution in [0.25, 0.3) is 0 Å². The summed E-state index contributed by atoms with van der Waals surface area (Å²) in [7, 11) is 7.77. The minimum absolute atomic E-state index is 0.0153. The van der Waals surface area contributed by atoms with Gasteiger partial charge in [0.2, 0.25) is 5.95 Å². The van der Waals surface area contributed by atoms with Gasteiger partial charge in [0.15, 0.2) is 5.82 Å². The maximum Gasteiger partial charge on any atom is 0.256 e. The van der Waals surface area contributed by atoms with E-state index < -0.39 is 0 Å². The van der Waals surface area contributed by atoms with Crippen LogP contribution < -0.4 is 25.2 Å². The average Bonchev–Trinajstić information content (AvgIpc) is 3.64. The predicted octanol–water partition coefficient (Wildman–Crippen LogP) is 4.88. The van der Waals surface area contributed by atoms with Gasteiger partial charge in [-0.1, -0.05) is 11.6 Å². The molecule has 2 fully saturated rings. The molecule has 4 heterocycles. The minimum Gasteiger partial charge on any atom is -0.494 e. The van der Waals surface area contributed by atoms with Crippen molar-refractivity contribution in [2.75, 3.05) is 88.0 Å². The Hall–Kier alpha value is -3.80. The highest BCUT2D eigenvalue weighted by atomic mass is 35.5. The first-order valence-corrected chi connectivity index (χ1v) is 16.1. The predicted molar refractivity (Wildman–Crippen MR) is 182 cm³/mol. The van der Waals surface area contributed by atoms with Crippen LogP contribution in [-0.4, -0.2) is 110 Å². The lowest BCUT2D eigenvalue weighted by atomic mass is 10.0. The number of nitrogens with one attached hydrogen (secondary N) is 2. The topological polar surface area (TPSA) is 92.3 Å². The molecule has 45 heavy (non-hydrogen) atoms. The summed E-state index contributed by atoms with van der Waals surface area (Å²) in [5.74, 6) is 1.46. The zero-order valence-corrected chi connectivity index (χ0v) is 27.9. The lowest BCUT2D eigenvalue weighted by Gasteiger charge is -2.38. The molecule has 11 nitrogen and oxygen atoms in total. The molecule has 0 radical (unpaired) electrons. The van der Waals surface area contributed by atoms with E-state index in [1.165, 1.54) is 0 Å². The molecule has 3 aromatic rings. The molecule has 12 heteroatoms. The fourth-order valence-electron chi connectivity index (χ4n) is 6.56. The smallest absolute Gasteiger partial charge is 0.256 e. The van der Waals surface area contributed by atoms with Gasteiger partial charge in [-0.3, -0.25) is 9.69 Å². The van der Waals surface area contributed by atoms with Crippen LogP contribution in [0.5, 0.6) is 5.75 Å². The number of fused-ring (bicyclic) bond motifs is 1. The molecule has 3 aliphatic rings. The summed E-state index contributed by atoms with van der Waals surface area (Å²) in [4.78, 5) is 33.8. The van der Waals surface area contributed by atoms with Crippen molar-refractivity contribution < 1.29 is 9.53 Å². The Kier molecular flexibility index (Phi) is 8.94. The van der Waals surface area contributed by atoms with Gasteiger partial charge in [-0.15, -0.1) is 0 Å². The van der Waals surface area contributed by atoms with Crippen LogP contribution in [0.4, 0.5) is 34.5 Å². The van der Waals surface area contributed by atoms with E-state index in [1.54, 1.807) is 18.2 Å². The van der Waals surface area contributed by atoms with Gasteiger partial charge in [0, 0.05) is 87.9 Å². The Morgan fingerprint density at radius 2 is 1.78 bits per heavy atom. The number of hydrogen-bond donors (Lipinski definition) is 2. The first-order chi connectivity index (χ1) is 21.6. The van der Waals surface area contributed by atoms with Gasteiger partial charge < -0.3 is 35.0 Å². The monoisotopic (exact) mass is 633 g/mol. The molecule has 2 saturated heterocycles. The van der Waals surface area contributed by atoms with Gasteiger partial charge in [0.05, 0.1) is 30.2 Å². The normalized spacial score (nSPS) is 18.7. The molecular weight excluding hydrogens is 590 g/mol. The van der Waals surface area contributed by atoms with Crippen LogP contribution in [0.3, 0.4) is 0 Å². The van der Waals surface area contributed by atoms with Crippen molar-refractivity contribution >= 4 is 52.0 Å². The fourth-order valence-corrected chi connectivity index (χ4v) is 6.70. The summed E-state index contributed by atoms with van der Waals surface area (Å²) in [6.07, 6.45) is 2.69. The number of piperazine rings is 1. The number of carbonyl (C=O) groups excluding carboxylic acids is 1. The SMILES string of the molecule is COc1cc(N2CC[C@@H](N(C)C)C2)ccc1Nc1ncc(Cl)c(Nc2ccc(N3CCN(C(C)C)CC3)c3c2C(=O)N(C)C3)n1. The van der Waals surface area contributed by atoms with E-state index >= 15 is 0 Å². The van der Waals surface area contributed by atoms with Crippen molar-refractivity contribution in [2.24, 2.45) is 0 Å². The Bertz CT molecular complexity index is 1560. The van der Waals surface area contributed by atoms with E-state index in [0.29, 0.717) is 52.4 Å². The number of nitrogens with zero attached hydrogens (tertiary/aromatic N) is 7. The summed E-state index contributed by atoms with van der Waals surface area (Å²) in [5.41, 5.74) is 5.37. The molecule has 1 amide bonds. The van der Waals surface area contributed by atoms with E-state index in [1.807, 2.05) is 25.2 Å². The number of aromatic nitrogens is 2. The Balaban J connectivity index is 1.22. The third-order valence-corrected chi connectivity index (χ3v) is 9.59. The van der Waals surface area contributed by atoms with Crippen molar-refractivity contribution in [2.45, 2.75) is 38.9 Å². The summed E-state index contributed by atoms with van der Waals surface area (Å²) < 4.78 is 5.75. The van der Waals surface area contributed by atoms with E-state index in [-0.39, 0.29) is 5.91 Å². The third-order valence-electron chi connectivity index (χ3n) is 9.32. The highest BCUT2D eigenvalue weighted by Gasteiger charge is 2.33. The van der Waals surface area contributed by atoms with Gasteiger partial charge in [-0.25, -0.2) is 4.98 Å². The van der Waals surface area contributed by atoms with Gasteiger partial charge >= 0.3 is 0 Å². The van der Waals surface area contributed by atoms with Crippen LogP contribution in [0.15, 0.2) is 36.5 Å². The van der Waals surface area contributed by atoms with Crippen molar-refractivity contribution in [3.05, 3.63) is 52.7 Å². The summed E-state index contributed by atoms with van der Waals surface area (Å²) in [6, 6.07) is 11.3. The second-order valence-corrected chi connectivity index (χ2v) is 13.0. The molecule has 0 aliphatic carbocycles. The summed E-state index contributed by atoms with van der Waals surface area (Å²) in [5, 5.41) is 7.00. The molecule has 0 unspecified atom stereocenters. The molecule has 0 bridgehead atoms. The number of methoxy groups -OCH3 is 1. The second kappa shape index (κ2) is 12.9. The minimum atomic E-state index is -0.0153. The van der Waals surface area contributed by atoms with Crippen molar-refractivity contribution in [1.29, 1.82) is 0 Å². The van der Waals surface area contributed by atoms with Gasteiger partial charge in [0.25, 0.3) is 5.91 Å².